The quantitative estimate of drug-likeness (QED) is 0.610. The number of nitrogens with two attached hydrogens (primary N) is 1. The predicted molar refractivity (Wildman–Crippen MR) is 71.9 cm³/mol. The lowest BCUT2D eigenvalue weighted by atomic mass is 10.0. The molecule has 1 aromatic rings. The van der Waals surface area contributed by atoms with Crippen molar-refractivity contribution in [2.75, 3.05) is 6.61 Å². The maximum atomic E-state index is 11.4. The molecular formula is C14H22N2O2. The van der Waals surface area contributed by atoms with Gasteiger partial charge < -0.3 is 10.8 Å². The number of amides is 1. The zero-order valence-corrected chi connectivity index (χ0v) is 10.8. The lowest BCUT2D eigenvalue weighted by Crippen LogP contribution is -2.42. The Morgan fingerprint density at radius 2 is 2.00 bits per heavy atom. The van der Waals surface area contributed by atoms with Gasteiger partial charge in [0.25, 0.3) is 0 Å². The van der Waals surface area contributed by atoms with Gasteiger partial charge in [-0.05, 0) is 31.7 Å². The first-order valence-electron chi connectivity index (χ1n) is 6.36. The fourth-order valence-corrected chi connectivity index (χ4v) is 1.91. The minimum atomic E-state index is -0.341. The average molecular weight is 250 g/mol. The van der Waals surface area contributed by atoms with Crippen LogP contribution in [0.2, 0.25) is 0 Å². The van der Waals surface area contributed by atoms with Crippen molar-refractivity contribution in [1.29, 1.82) is 0 Å². The highest BCUT2D eigenvalue weighted by Gasteiger charge is 2.17. The lowest BCUT2D eigenvalue weighted by Gasteiger charge is -2.21. The minimum absolute atomic E-state index is 0.0813. The largest absolute Gasteiger partial charge is 0.396 e. The van der Waals surface area contributed by atoms with Gasteiger partial charge in [0, 0.05) is 12.6 Å². The van der Waals surface area contributed by atoms with Crippen LogP contribution in [0.3, 0.4) is 0 Å². The fraction of sp³-hybridized carbons (Fsp3) is 0.500. The van der Waals surface area contributed by atoms with E-state index in [0.29, 0.717) is 12.8 Å². The first kappa shape index (κ1) is 14.7. The van der Waals surface area contributed by atoms with Crippen LogP contribution in [0.15, 0.2) is 30.3 Å². The molecule has 4 nitrogen and oxygen atoms in total. The van der Waals surface area contributed by atoms with E-state index in [4.69, 9.17) is 10.8 Å². The molecule has 0 radical (unpaired) electrons. The number of aliphatic hydroxyl groups is 1. The third kappa shape index (κ3) is 4.85. The molecule has 0 aliphatic rings. The van der Waals surface area contributed by atoms with Crippen molar-refractivity contribution in [3.05, 3.63) is 35.9 Å². The number of hydrogen-bond donors (Lipinski definition) is 3. The van der Waals surface area contributed by atoms with Crippen LogP contribution < -0.4 is 11.1 Å². The zero-order chi connectivity index (χ0) is 13.4. The van der Waals surface area contributed by atoms with Gasteiger partial charge in [-0.3, -0.25) is 10.1 Å². The third-order valence-electron chi connectivity index (χ3n) is 3.00. The molecule has 0 fully saturated rings. The number of benzene rings is 1. The molecule has 0 bridgehead atoms. The molecule has 2 atom stereocenters. The van der Waals surface area contributed by atoms with Gasteiger partial charge in [0.1, 0.15) is 0 Å². The molecule has 1 rings (SSSR count). The van der Waals surface area contributed by atoms with Crippen LogP contribution in [-0.4, -0.2) is 23.7 Å². The molecule has 0 aliphatic heterocycles. The number of hydrogen-bond acceptors (Lipinski definition) is 3. The van der Waals surface area contributed by atoms with Crippen molar-refractivity contribution in [1.82, 2.24) is 5.32 Å². The monoisotopic (exact) mass is 250 g/mol. The van der Waals surface area contributed by atoms with Crippen molar-refractivity contribution < 1.29 is 9.90 Å². The van der Waals surface area contributed by atoms with Crippen LogP contribution in [0.1, 0.15) is 37.8 Å². The Morgan fingerprint density at radius 3 is 2.56 bits per heavy atom. The molecule has 0 aromatic heterocycles. The number of nitrogens with one attached hydrogen (secondary N) is 1. The van der Waals surface area contributed by atoms with Crippen molar-refractivity contribution in [2.24, 2.45) is 5.73 Å². The molecule has 0 unspecified atom stereocenters. The molecule has 18 heavy (non-hydrogen) atoms. The Hall–Kier alpha value is -1.39. The summed E-state index contributed by atoms with van der Waals surface area (Å²) in [5.74, 6) is -0.337. The lowest BCUT2D eigenvalue weighted by molar-refractivity contribution is -0.120. The first-order chi connectivity index (χ1) is 8.65. The van der Waals surface area contributed by atoms with E-state index >= 15 is 0 Å². The van der Waals surface area contributed by atoms with Gasteiger partial charge in [-0.2, -0.15) is 0 Å². The first-order valence-corrected chi connectivity index (χ1v) is 6.36. The van der Waals surface area contributed by atoms with Gasteiger partial charge in [0.15, 0.2) is 0 Å². The molecule has 0 aliphatic carbocycles. The fourth-order valence-electron chi connectivity index (χ4n) is 1.91. The van der Waals surface area contributed by atoms with Gasteiger partial charge in [-0.15, -0.1) is 0 Å². The van der Waals surface area contributed by atoms with E-state index in [0.717, 1.165) is 12.0 Å². The number of primary amides is 1. The summed E-state index contributed by atoms with van der Waals surface area (Å²) in [6.45, 7) is 2.16. The highest BCUT2D eigenvalue weighted by Crippen LogP contribution is 2.13. The minimum Gasteiger partial charge on any atom is -0.396 e. The topological polar surface area (TPSA) is 75.3 Å². The Balaban J connectivity index is 2.52. The van der Waals surface area contributed by atoms with Crippen molar-refractivity contribution in [3.63, 3.8) is 0 Å². The number of rotatable bonds is 8. The number of unbranched alkanes of at least 4 members (excludes halogenated alkanes) is 1. The summed E-state index contributed by atoms with van der Waals surface area (Å²) >= 11 is 0. The molecule has 1 aromatic carbocycles. The van der Waals surface area contributed by atoms with Gasteiger partial charge >= 0.3 is 0 Å². The average Bonchev–Trinajstić information content (AvgIpc) is 2.38. The second-order valence-corrected chi connectivity index (χ2v) is 4.47. The summed E-state index contributed by atoms with van der Waals surface area (Å²) in [7, 11) is 0. The molecular weight excluding hydrogens is 228 g/mol. The Kier molecular flexibility index (Phi) is 6.39. The second kappa shape index (κ2) is 7.84. The van der Waals surface area contributed by atoms with E-state index in [1.165, 1.54) is 0 Å². The van der Waals surface area contributed by atoms with E-state index in [2.05, 4.69) is 5.32 Å². The number of aliphatic hydroxyl groups excluding tert-OH is 1. The van der Waals surface area contributed by atoms with Gasteiger partial charge in [0.05, 0.1) is 6.04 Å². The summed E-state index contributed by atoms with van der Waals surface area (Å²) in [5.41, 5.74) is 6.51. The summed E-state index contributed by atoms with van der Waals surface area (Å²) in [4.78, 5) is 11.4. The Morgan fingerprint density at radius 1 is 1.33 bits per heavy atom. The van der Waals surface area contributed by atoms with Crippen molar-refractivity contribution in [2.45, 2.75) is 38.3 Å². The molecule has 0 spiro atoms. The maximum Gasteiger partial charge on any atom is 0.234 e. The second-order valence-electron chi connectivity index (χ2n) is 4.47. The van der Waals surface area contributed by atoms with Crippen LogP contribution in [0.5, 0.6) is 0 Å². The van der Waals surface area contributed by atoms with Gasteiger partial charge in [-0.25, -0.2) is 0 Å². The third-order valence-corrected chi connectivity index (χ3v) is 3.00. The van der Waals surface area contributed by atoms with E-state index in [9.17, 15) is 4.79 Å². The smallest absolute Gasteiger partial charge is 0.234 e. The highest BCUT2D eigenvalue weighted by molar-refractivity contribution is 5.79. The number of carbonyl (C=O) groups excluding carboxylic acids is 1. The van der Waals surface area contributed by atoms with E-state index in [1.807, 2.05) is 37.3 Å². The van der Waals surface area contributed by atoms with Crippen LogP contribution in [0.25, 0.3) is 0 Å². The summed E-state index contributed by atoms with van der Waals surface area (Å²) in [6, 6.07) is 9.68. The van der Waals surface area contributed by atoms with Crippen molar-refractivity contribution in [3.8, 4) is 0 Å². The summed E-state index contributed by atoms with van der Waals surface area (Å²) in [5, 5.41) is 12.0. The number of carbonyl (C=O) groups is 1. The Bertz CT molecular complexity index is 354. The summed E-state index contributed by atoms with van der Waals surface area (Å²) in [6.07, 6.45) is 2.15. The van der Waals surface area contributed by atoms with Crippen LogP contribution >= 0.6 is 0 Å². The molecule has 4 heteroatoms. The highest BCUT2D eigenvalue weighted by atomic mass is 16.2. The van der Waals surface area contributed by atoms with Gasteiger partial charge in [0.2, 0.25) is 5.91 Å². The van der Waals surface area contributed by atoms with Crippen LogP contribution in [0, 0.1) is 0 Å². The molecule has 0 heterocycles. The summed E-state index contributed by atoms with van der Waals surface area (Å²) < 4.78 is 0. The molecule has 4 N–H and O–H groups in total. The molecule has 1 amide bonds. The molecule has 100 valence electrons. The van der Waals surface area contributed by atoms with Crippen molar-refractivity contribution >= 4 is 5.91 Å². The zero-order valence-electron chi connectivity index (χ0n) is 10.8. The standard InChI is InChI=1S/C14H22N2O2/c1-11(12-7-3-2-4-8-12)16-13(14(15)18)9-5-6-10-17/h2-4,7-8,11,13,16-17H,5-6,9-10H2,1H3,(H2,15,18)/t11-,13-/m0/s1. The SMILES string of the molecule is C[C@H](N[C@@H](CCCCO)C(N)=O)c1ccccc1. The van der Waals surface area contributed by atoms with Crippen LogP contribution in [0.4, 0.5) is 0 Å². The van der Waals surface area contributed by atoms with Crippen LogP contribution in [-0.2, 0) is 4.79 Å². The molecule has 0 saturated heterocycles. The maximum absolute atomic E-state index is 11.4. The predicted octanol–water partition coefficient (Wildman–Crippen LogP) is 1.35. The Labute approximate surface area is 108 Å². The van der Waals surface area contributed by atoms with E-state index in [1.54, 1.807) is 0 Å². The normalized spacial score (nSPS) is 14.1. The van der Waals surface area contributed by atoms with E-state index in [-0.39, 0.29) is 24.6 Å². The van der Waals surface area contributed by atoms with E-state index < -0.39 is 0 Å². The molecule has 0 saturated carbocycles. The van der Waals surface area contributed by atoms with Gasteiger partial charge in [-0.1, -0.05) is 30.3 Å².